The summed E-state index contributed by atoms with van der Waals surface area (Å²) in [5, 5.41) is 6.83. The minimum atomic E-state index is 0. The second-order valence-corrected chi connectivity index (χ2v) is 7.99. The Bertz CT molecular complexity index is 642. The average molecular weight is 513 g/mol. The van der Waals surface area contributed by atoms with E-state index in [1.165, 1.54) is 12.0 Å². The number of nitrogens with one attached hydrogen (secondary N) is 2. The number of hydrogen-bond acceptors (Lipinski definition) is 3. The molecule has 1 aromatic carbocycles. The van der Waals surface area contributed by atoms with Crippen molar-refractivity contribution in [3.63, 3.8) is 0 Å². The van der Waals surface area contributed by atoms with Crippen LogP contribution in [0, 0.1) is 5.92 Å². The monoisotopic (exact) mass is 513 g/mol. The van der Waals surface area contributed by atoms with Gasteiger partial charge in [-0.2, -0.15) is 0 Å². The van der Waals surface area contributed by atoms with E-state index in [0.29, 0.717) is 17.7 Å². The lowest BCUT2D eigenvalue weighted by Gasteiger charge is -2.38. The lowest BCUT2D eigenvalue weighted by molar-refractivity contribution is -0.139. The Labute approximate surface area is 192 Å². The maximum Gasteiger partial charge on any atom is 0.225 e. The number of benzene rings is 1. The highest BCUT2D eigenvalue weighted by molar-refractivity contribution is 14.0. The molecule has 29 heavy (non-hydrogen) atoms. The first kappa shape index (κ1) is 23.9. The topological polar surface area (TPSA) is 60.0 Å². The molecule has 1 amide bonds. The van der Waals surface area contributed by atoms with Gasteiger partial charge in [-0.3, -0.25) is 14.7 Å². The summed E-state index contributed by atoms with van der Waals surface area (Å²) in [7, 11) is 1.81. The number of carbonyl (C=O) groups is 1. The van der Waals surface area contributed by atoms with Crippen molar-refractivity contribution < 1.29 is 4.79 Å². The maximum atomic E-state index is 12.3. The summed E-state index contributed by atoms with van der Waals surface area (Å²) >= 11 is 0. The Hall–Kier alpha value is -1.35. The summed E-state index contributed by atoms with van der Waals surface area (Å²) in [4.78, 5) is 21.2. The van der Waals surface area contributed by atoms with Crippen molar-refractivity contribution in [2.24, 2.45) is 10.9 Å². The number of nitrogens with zero attached hydrogens (tertiary/aromatic N) is 3. The van der Waals surface area contributed by atoms with Gasteiger partial charge in [-0.05, 0) is 24.3 Å². The Morgan fingerprint density at radius 2 is 1.83 bits per heavy atom. The van der Waals surface area contributed by atoms with E-state index in [2.05, 4.69) is 56.6 Å². The molecule has 0 spiro atoms. The van der Waals surface area contributed by atoms with Gasteiger partial charge in [0.25, 0.3) is 0 Å². The van der Waals surface area contributed by atoms with Crippen molar-refractivity contribution in [1.29, 1.82) is 0 Å². The lowest BCUT2D eigenvalue weighted by Crippen LogP contribution is -2.52. The minimum absolute atomic E-state index is 0. The molecule has 2 N–H and O–H groups in total. The molecule has 1 aromatic rings. The Morgan fingerprint density at radius 1 is 1.14 bits per heavy atom. The average Bonchev–Trinajstić information content (AvgIpc) is 2.70. The third kappa shape index (κ3) is 7.13. The van der Waals surface area contributed by atoms with Crippen LogP contribution in [0.5, 0.6) is 0 Å². The van der Waals surface area contributed by atoms with Crippen LogP contribution in [-0.4, -0.2) is 74.5 Å². The first-order valence-electron chi connectivity index (χ1n) is 10.7. The van der Waals surface area contributed by atoms with Crippen LogP contribution < -0.4 is 10.6 Å². The van der Waals surface area contributed by atoms with Gasteiger partial charge in [0.2, 0.25) is 5.91 Å². The van der Waals surface area contributed by atoms with Crippen LogP contribution >= 0.6 is 24.0 Å². The molecule has 0 aromatic heterocycles. The van der Waals surface area contributed by atoms with Gasteiger partial charge < -0.3 is 15.5 Å². The summed E-state index contributed by atoms with van der Waals surface area (Å²) in [5.41, 5.74) is 1.33. The molecular weight excluding hydrogens is 477 g/mol. The summed E-state index contributed by atoms with van der Waals surface area (Å²) in [6, 6.07) is 10.5. The highest BCUT2D eigenvalue weighted by atomic mass is 127. The van der Waals surface area contributed by atoms with Crippen molar-refractivity contribution in [2.75, 3.05) is 52.9 Å². The molecule has 2 aliphatic rings. The van der Waals surface area contributed by atoms with Crippen LogP contribution in [0.4, 0.5) is 0 Å². The molecule has 1 saturated heterocycles. The van der Waals surface area contributed by atoms with Gasteiger partial charge in [-0.1, -0.05) is 43.7 Å². The fraction of sp³-hybridized carbons (Fsp3) is 0.636. The molecule has 7 heteroatoms. The molecule has 1 unspecified atom stereocenters. The minimum Gasteiger partial charge on any atom is -0.356 e. The van der Waals surface area contributed by atoms with Crippen LogP contribution in [0.1, 0.15) is 37.7 Å². The lowest BCUT2D eigenvalue weighted by atomic mass is 9.84. The van der Waals surface area contributed by atoms with Crippen molar-refractivity contribution in [3.8, 4) is 0 Å². The maximum absolute atomic E-state index is 12.3. The van der Waals surface area contributed by atoms with Gasteiger partial charge in [-0.15, -0.1) is 24.0 Å². The molecule has 1 heterocycles. The van der Waals surface area contributed by atoms with Crippen LogP contribution in [0.15, 0.2) is 35.3 Å². The molecule has 0 radical (unpaired) electrons. The third-order valence-corrected chi connectivity index (χ3v) is 6.03. The first-order valence-corrected chi connectivity index (χ1v) is 10.7. The Kier molecular flexibility index (Phi) is 10.2. The second kappa shape index (κ2) is 12.4. The van der Waals surface area contributed by atoms with Crippen LogP contribution in [-0.2, 0) is 4.79 Å². The summed E-state index contributed by atoms with van der Waals surface area (Å²) in [5.74, 6) is 1.99. The summed E-state index contributed by atoms with van der Waals surface area (Å²) in [6.45, 7) is 8.59. The van der Waals surface area contributed by atoms with Crippen molar-refractivity contribution >= 4 is 35.8 Å². The van der Waals surface area contributed by atoms with E-state index < -0.39 is 0 Å². The molecule has 3 rings (SSSR count). The standard InChI is InChI=1S/C22H35N5O.HI/c1-18(19-7-4-3-5-8-19)17-25-22(23-2)24-11-12-26-13-15-27(16-14-26)21(28)20-9-6-10-20;/h3-5,7-8,18,20H,6,9-17H2,1-2H3,(H2,23,24,25);1H. The zero-order valence-corrected chi connectivity index (χ0v) is 20.1. The fourth-order valence-corrected chi connectivity index (χ4v) is 3.81. The smallest absolute Gasteiger partial charge is 0.225 e. The SMILES string of the molecule is CN=C(NCCN1CCN(C(=O)C2CCC2)CC1)NCC(C)c1ccccc1.I. The fourth-order valence-electron chi connectivity index (χ4n) is 3.81. The number of piperazine rings is 1. The van der Waals surface area contributed by atoms with E-state index in [0.717, 1.165) is 64.6 Å². The number of guanidine groups is 1. The molecular formula is C22H36IN5O. The molecule has 162 valence electrons. The number of aliphatic imine (C=N–C) groups is 1. The van der Waals surface area contributed by atoms with Gasteiger partial charge in [0.15, 0.2) is 5.96 Å². The number of amides is 1. The molecule has 6 nitrogen and oxygen atoms in total. The Morgan fingerprint density at radius 3 is 2.41 bits per heavy atom. The summed E-state index contributed by atoms with van der Waals surface area (Å²) < 4.78 is 0. The highest BCUT2D eigenvalue weighted by Crippen LogP contribution is 2.28. The molecule has 1 saturated carbocycles. The zero-order valence-electron chi connectivity index (χ0n) is 17.8. The Balaban J connectivity index is 0.00000300. The van der Waals surface area contributed by atoms with Gasteiger partial charge >= 0.3 is 0 Å². The number of carbonyl (C=O) groups excluding carboxylic acids is 1. The van der Waals surface area contributed by atoms with E-state index in [-0.39, 0.29) is 24.0 Å². The van der Waals surface area contributed by atoms with E-state index in [1.807, 2.05) is 13.1 Å². The predicted molar refractivity (Wildman–Crippen MR) is 130 cm³/mol. The van der Waals surface area contributed by atoms with Gasteiger partial charge in [-0.25, -0.2) is 0 Å². The first-order chi connectivity index (χ1) is 13.7. The highest BCUT2D eigenvalue weighted by Gasteiger charge is 2.30. The quantitative estimate of drug-likeness (QED) is 0.334. The molecule has 2 fully saturated rings. The van der Waals surface area contributed by atoms with E-state index in [1.54, 1.807) is 0 Å². The van der Waals surface area contributed by atoms with Gasteiger partial charge in [0.1, 0.15) is 0 Å². The third-order valence-electron chi connectivity index (χ3n) is 6.03. The van der Waals surface area contributed by atoms with E-state index >= 15 is 0 Å². The van der Waals surface area contributed by atoms with Crippen molar-refractivity contribution in [1.82, 2.24) is 20.4 Å². The molecule has 0 bridgehead atoms. The van der Waals surface area contributed by atoms with E-state index in [4.69, 9.17) is 0 Å². The number of hydrogen-bond donors (Lipinski definition) is 2. The van der Waals surface area contributed by atoms with Crippen LogP contribution in [0.3, 0.4) is 0 Å². The molecule has 1 aliphatic heterocycles. The normalized spacial score (nSPS) is 19.1. The predicted octanol–water partition coefficient (Wildman–Crippen LogP) is 2.52. The van der Waals surface area contributed by atoms with Crippen LogP contribution in [0.2, 0.25) is 0 Å². The van der Waals surface area contributed by atoms with Gasteiger partial charge in [0, 0.05) is 58.8 Å². The van der Waals surface area contributed by atoms with Crippen molar-refractivity contribution in [3.05, 3.63) is 35.9 Å². The van der Waals surface area contributed by atoms with Crippen LogP contribution in [0.25, 0.3) is 0 Å². The zero-order chi connectivity index (χ0) is 19.8. The number of halogens is 1. The largest absolute Gasteiger partial charge is 0.356 e. The summed E-state index contributed by atoms with van der Waals surface area (Å²) in [6.07, 6.45) is 3.41. The second-order valence-electron chi connectivity index (χ2n) is 7.99. The van der Waals surface area contributed by atoms with E-state index in [9.17, 15) is 4.79 Å². The van der Waals surface area contributed by atoms with Gasteiger partial charge in [0.05, 0.1) is 0 Å². The number of rotatable bonds is 7. The molecule has 1 atom stereocenters. The van der Waals surface area contributed by atoms with Crippen molar-refractivity contribution in [2.45, 2.75) is 32.1 Å². The molecule has 1 aliphatic carbocycles.